The van der Waals surface area contributed by atoms with Crippen molar-refractivity contribution in [1.29, 1.82) is 0 Å². The van der Waals surface area contributed by atoms with Gasteiger partial charge in [-0.2, -0.15) is 0 Å². The topological polar surface area (TPSA) is 73.9 Å². The number of aliphatic carboxylic acids is 1. The van der Waals surface area contributed by atoms with Crippen LogP contribution < -0.4 is 20.1 Å². The predicted molar refractivity (Wildman–Crippen MR) is 114 cm³/mol. The summed E-state index contributed by atoms with van der Waals surface area (Å²) in [4.78, 5) is 13.3. The molecule has 1 aliphatic heterocycles. The number of nitrogens with zero attached hydrogens (tertiary/aromatic N) is 1. The molecule has 0 unspecified atom stereocenters. The van der Waals surface area contributed by atoms with Crippen molar-refractivity contribution in [2.24, 2.45) is 0 Å². The van der Waals surface area contributed by atoms with Crippen molar-refractivity contribution in [1.82, 2.24) is 0 Å². The Kier molecular flexibility index (Phi) is 9.67. The van der Waals surface area contributed by atoms with Gasteiger partial charge in [0.25, 0.3) is 0 Å². The molecule has 2 aromatic rings. The summed E-state index contributed by atoms with van der Waals surface area (Å²) in [6.45, 7) is 5.06. The van der Waals surface area contributed by atoms with Crippen molar-refractivity contribution in [2.75, 3.05) is 43.1 Å². The molecule has 0 fully saturated rings. The first-order valence-electron chi connectivity index (χ1n) is 9.89. The van der Waals surface area contributed by atoms with E-state index in [1.165, 1.54) is 12.1 Å². The summed E-state index contributed by atoms with van der Waals surface area (Å²) in [6.07, 6.45) is 0.270. The van der Waals surface area contributed by atoms with Crippen LogP contribution in [0.25, 0.3) is 0 Å². The molecule has 2 aromatic carbocycles. The third kappa shape index (κ3) is 6.75. The Balaban J connectivity index is 0.00000320. The first-order valence-corrected chi connectivity index (χ1v) is 9.89. The first-order chi connectivity index (χ1) is 14.1. The number of carbonyl (C=O) groups is 1. The summed E-state index contributed by atoms with van der Waals surface area (Å²) >= 11 is 0. The maximum absolute atomic E-state index is 13.3. The molecule has 0 radical (unpaired) electrons. The minimum absolute atomic E-state index is 0. The van der Waals surface area contributed by atoms with Gasteiger partial charge in [0, 0.05) is 37.9 Å². The van der Waals surface area contributed by atoms with E-state index >= 15 is 0 Å². The Morgan fingerprint density at radius 1 is 1.30 bits per heavy atom. The molecule has 1 heterocycles. The zero-order chi connectivity index (χ0) is 20.6. The molecule has 0 saturated carbocycles. The zero-order valence-electron chi connectivity index (χ0n) is 17.2. The van der Waals surface area contributed by atoms with Crippen LogP contribution in [0.2, 0.25) is 0 Å². The van der Waals surface area contributed by atoms with Gasteiger partial charge in [0.1, 0.15) is 24.3 Å². The Morgan fingerprint density at radius 2 is 2.07 bits per heavy atom. The van der Waals surface area contributed by atoms with Gasteiger partial charge in [-0.25, -0.2) is 4.39 Å². The molecule has 0 aromatic heterocycles. The Morgan fingerprint density at radius 3 is 2.77 bits per heavy atom. The van der Waals surface area contributed by atoms with Gasteiger partial charge in [-0.1, -0.05) is 12.1 Å². The van der Waals surface area contributed by atoms with Gasteiger partial charge in [0.15, 0.2) is 0 Å². The Bertz CT molecular complexity index is 819. The van der Waals surface area contributed by atoms with Crippen LogP contribution in [0.3, 0.4) is 0 Å². The van der Waals surface area contributed by atoms with Crippen LogP contribution in [0.1, 0.15) is 18.9 Å². The van der Waals surface area contributed by atoms with Crippen LogP contribution in [0.4, 0.5) is 15.8 Å². The van der Waals surface area contributed by atoms with Crippen LogP contribution in [-0.2, 0) is 16.0 Å². The SMILES string of the molecule is CCO[C@@H](Cc1ccc(NCCCN2CCOc3cc(F)ccc32)cc1)C(=O)[O-].[Mg+2]. The third-order valence-corrected chi connectivity index (χ3v) is 4.82. The van der Waals surface area contributed by atoms with Gasteiger partial charge in [0.05, 0.1) is 18.2 Å². The third-order valence-electron chi connectivity index (χ3n) is 4.82. The summed E-state index contributed by atoms with van der Waals surface area (Å²) in [6, 6.07) is 12.3. The first kappa shape index (κ1) is 24.2. The van der Waals surface area contributed by atoms with Gasteiger partial charge in [-0.3, -0.25) is 0 Å². The van der Waals surface area contributed by atoms with Crippen LogP contribution in [0.15, 0.2) is 42.5 Å². The van der Waals surface area contributed by atoms with E-state index in [2.05, 4.69) is 10.2 Å². The smallest absolute Gasteiger partial charge is 0.547 e. The molecule has 0 amide bonds. The Hall–Kier alpha value is -2.03. The molecular weight excluding hydrogens is 400 g/mol. The number of carboxylic acids is 1. The molecule has 0 spiro atoms. The molecule has 1 N–H and O–H groups in total. The molecule has 0 saturated heterocycles. The molecule has 1 aliphatic rings. The van der Waals surface area contributed by atoms with Crippen molar-refractivity contribution in [3.8, 4) is 5.75 Å². The van der Waals surface area contributed by atoms with Crippen molar-refractivity contribution in [3.05, 3.63) is 53.8 Å². The molecule has 8 heteroatoms. The number of rotatable bonds is 10. The second kappa shape index (κ2) is 12.0. The molecule has 0 bridgehead atoms. The second-order valence-corrected chi connectivity index (χ2v) is 6.89. The number of hydrogen-bond donors (Lipinski definition) is 1. The van der Waals surface area contributed by atoms with Crippen molar-refractivity contribution in [3.63, 3.8) is 0 Å². The molecule has 156 valence electrons. The monoisotopic (exact) mass is 425 g/mol. The average Bonchev–Trinajstić information content (AvgIpc) is 2.71. The van der Waals surface area contributed by atoms with Gasteiger partial charge in [-0.15, -0.1) is 0 Å². The van der Waals surface area contributed by atoms with Gasteiger partial charge in [-0.05, 0) is 43.2 Å². The number of carbonyl (C=O) groups excluding carboxylic acids is 1. The quantitative estimate of drug-likeness (QED) is 0.462. The van der Waals surface area contributed by atoms with Gasteiger partial charge in [0.2, 0.25) is 0 Å². The van der Waals surface area contributed by atoms with E-state index in [0.29, 0.717) is 19.0 Å². The van der Waals surface area contributed by atoms with E-state index in [1.54, 1.807) is 13.0 Å². The summed E-state index contributed by atoms with van der Waals surface area (Å²) in [5.74, 6) is -0.883. The standard InChI is InChI=1S/C22H27FN2O4.Mg/c1-2-28-21(22(26)27)14-16-4-7-18(8-5-16)24-10-3-11-25-12-13-29-20-15-17(23)6-9-19(20)25;/h4-9,15,21,24H,2-3,10-14H2,1H3,(H,26,27);/q;+2/p-1/t21-;/m0./s1. The molecule has 3 rings (SSSR count). The second-order valence-electron chi connectivity index (χ2n) is 6.89. The summed E-state index contributed by atoms with van der Waals surface area (Å²) in [5.41, 5.74) is 2.79. The molecule has 1 atom stereocenters. The number of anilines is 2. The van der Waals surface area contributed by atoms with Crippen LogP contribution in [-0.4, -0.2) is 68.0 Å². The Labute approximate surface area is 192 Å². The van der Waals surface area contributed by atoms with Gasteiger partial charge >= 0.3 is 23.1 Å². The number of benzene rings is 2. The number of nitrogens with one attached hydrogen (secondary N) is 1. The number of ether oxygens (including phenoxy) is 2. The minimum atomic E-state index is -1.19. The fourth-order valence-electron chi connectivity index (χ4n) is 3.37. The molecule has 0 aliphatic carbocycles. The number of halogens is 1. The molecule has 6 nitrogen and oxygen atoms in total. The van der Waals surface area contributed by atoms with Gasteiger partial charge < -0.3 is 29.6 Å². The number of hydrogen-bond acceptors (Lipinski definition) is 6. The fourth-order valence-corrected chi connectivity index (χ4v) is 3.37. The van der Waals surface area contributed by atoms with Crippen molar-refractivity contribution in [2.45, 2.75) is 25.9 Å². The number of fused-ring (bicyclic) bond motifs is 1. The van der Waals surface area contributed by atoms with E-state index in [0.717, 1.165) is 43.0 Å². The number of carboxylic acid groups (broad SMARTS) is 1. The van der Waals surface area contributed by atoms with E-state index in [9.17, 15) is 14.3 Å². The van der Waals surface area contributed by atoms with E-state index in [1.807, 2.05) is 24.3 Å². The molecule has 30 heavy (non-hydrogen) atoms. The minimum Gasteiger partial charge on any atom is -0.547 e. The maximum atomic E-state index is 13.3. The largest absolute Gasteiger partial charge is 2.00 e. The van der Waals surface area contributed by atoms with E-state index < -0.39 is 12.1 Å². The van der Waals surface area contributed by atoms with Crippen LogP contribution >= 0.6 is 0 Å². The normalized spacial score (nSPS) is 13.6. The van der Waals surface area contributed by atoms with Crippen LogP contribution in [0.5, 0.6) is 5.75 Å². The maximum Gasteiger partial charge on any atom is 2.00 e. The zero-order valence-corrected chi connectivity index (χ0v) is 18.6. The van der Waals surface area contributed by atoms with E-state index in [4.69, 9.17) is 9.47 Å². The summed E-state index contributed by atoms with van der Waals surface area (Å²) in [5, 5.41) is 14.4. The average molecular weight is 426 g/mol. The van der Waals surface area contributed by atoms with Crippen molar-refractivity contribution < 1.29 is 23.8 Å². The summed E-state index contributed by atoms with van der Waals surface area (Å²) < 4.78 is 24.1. The molecular formula is C22H26FMgN2O4+. The summed E-state index contributed by atoms with van der Waals surface area (Å²) in [7, 11) is 0. The fraction of sp³-hybridized carbons (Fsp3) is 0.409. The van der Waals surface area contributed by atoms with Crippen LogP contribution in [0, 0.1) is 5.82 Å². The van der Waals surface area contributed by atoms with Crippen molar-refractivity contribution >= 4 is 40.4 Å². The van der Waals surface area contributed by atoms with E-state index in [-0.39, 0.29) is 35.3 Å². The predicted octanol–water partition coefficient (Wildman–Crippen LogP) is 1.84.